The molecule has 1 N–H and O–H groups in total. The Morgan fingerprint density at radius 3 is 2.50 bits per heavy atom. The fraction of sp³-hybridized carbons (Fsp3) is 0.235. The van der Waals surface area contributed by atoms with Gasteiger partial charge in [-0.05, 0) is 43.7 Å². The standard InChI is InChI=1S/C17H16ClFN2O3/c1-10(12-3-5-14(19)6-4-12)21-16(22)11(2)24-17(23)13-7-8-20-15(18)9-13/h3-11H,1-2H3,(H,21,22). The molecule has 5 nitrogen and oxygen atoms in total. The molecule has 0 fully saturated rings. The van der Waals surface area contributed by atoms with E-state index in [4.69, 9.17) is 16.3 Å². The van der Waals surface area contributed by atoms with Gasteiger partial charge in [-0.15, -0.1) is 0 Å². The van der Waals surface area contributed by atoms with Crippen LogP contribution in [0.3, 0.4) is 0 Å². The number of benzene rings is 1. The van der Waals surface area contributed by atoms with Gasteiger partial charge >= 0.3 is 5.97 Å². The number of amides is 1. The van der Waals surface area contributed by atoms with Crippen molar-refractivity contribution < 1.29 is 18.7 Å². The summed E-state index contributed by atoms with van der Waals surface area (Å²) in [5.74, 6) is -1.48. The van der Waals surface area contributed by atoms with Crippen molar-refractivity contribution in [2.75, 3.05) is 0 Å². The second-order valence-corrected chi connectivity index (χ2v) is 5.58. The Morgan fingerprint density at radius 2 is 1.88 bits per heavy atom. The lowest BCUT2D eigenvalue weighted by Crippen LogP contribution is -2.37. The van der Waals surface area contributed by atoms with Crippen molar-refractivity contribution in [1.82, 2.24) is 10.3 Å². The molecule has 0 radical (unpaired) electrons. The van der Waals surface area contributed by atoms with Gasteiger partial charge in [0.2, 0.25) is 0 Å². The third kappa shape index (κ3) is 4.76. The van der Waals surface area contributed by atoms with E-state index in [1.54, 1.807) is 19.1 Å². The lowest BCUT2D eigenvalue weighted by molar-refractivity contribution is -0.129. The van der Waals surface area contributed by atoms with Gasteiger partial charge in [-0.2, -0.15) is 0 Å². The maximum absolute atomic E-state index is 12.9. The number of ether oxygens (including phenoxy) is 1. The molecule has 1 aromatic heterocycles. The first-order valence-corrected chi connectivity index (χ1v) is 7.63. The Bertz CT molecular complexity index is 737. The summed E-state index contributed by atoms with van der Waals surface area (Å²) in [4.78, 5) is 27.9. The Balaban J connectivity index is 1.94. The quantitative estimate of drug-likeness (QED) is 0.663. The van der Waals surface area contributed by atoms with Gasteiger partial charge in [0.25, 0.3) is 5.91 Å². The zero-order valence-electron chi connectivity index (χ0n) is 13.1. The summed E-state index contributed by atoms with van der Waals surface area (Å²) in [7, 11) is 0. The summed E-state index contributed by atoms with van der Waals surface area (Å²) >= 11 is 5.71. The van der Waals surface area contributed by atoms with Crippen LogP contribution in [-0.4, -0.2) is 23.0 Å². The van der Waals surface area contributed by atoms with Crippen LogP contribution in [0.5, 0.6) is 0 Å². The van der Waals surface area contributed by atoms with Crippen LogP contribution in [0.2, 0.25) is 5.15 Å². The third-order valence-corrected chi connectivity index (χ3v) is 3.55. The average Bonchev–Trinajstić information content (AvgIpc) is 2.55. The van der Waals surface area contributed by atoms with Crippen LogP contribution < -0.4 is 5.32 Å². The predicted molar refractivity (Wildman–Crippen MR) is 87.1 cm³/mol. The SMILES string of the molecule is CC(OC(=O)c1ccnc(Cl)c1)C(=O)NC(C)c1ccc(F)cc1. The predicted octanol–water partition coefficient (Wildman–Crippen LogP) is 3.30. The van der Waals surface area contributed by atoms with Crippen LogP contribution in [0.1, 0.15) is 35.8 Å². The van der Waals surface area contributed by atoms with E-state index in [9.17, 15) is 14.0 Å². The van der Waals surface area contributed by atoms with E-state index in [1.165, 1.54) is 37.4 Å². The van der Waals surface area contributed by atoms with E-state index in [-0.39, 0.29) is 22.6 Å². The van der Waals surface area contributed by atoms with Crippen LogP contribution in [0, 0.1) is 5.82 Å². The van der Waals surface area contributed by atoms with Crippen LogP contribution >= 0.6 is 11.6 Å². The number of rotatable bonds is 5. The summed E-state index contributed by atoms with van der Waals surface area (Å²) in [6.45, 7) is 3.22. The molecule has 0 saturated carbocycles. The average molecular weight is 351 g/mol. The van der Waals surface area contributed by atoms with Gasteiger partial charge in [-0.1, -0.05) is 23.7 Å². The molecule has 1 aromatic carbocycles. The summed E-state index contributed by atoms with van der Waals surface area (Å²) in [5, 5.41) is 2.87. The number of hydrogen-bond acceptors (Lipinski definition) is 4. The highest BCUT2D eigenvalue weighted by Crippen LogP contribution is 2.14. The van der Waals surface area contributed by atoms with Crippen LogP contribution in [-0.2, 0) is 9.53 Å². The topological polar surface area (TPSA) is 68.3 Å². The van der Waals surface area contributed by atoms with E-state index in [2.05, 4.69) is 10.3 Å². The minimum absolute atomic E-state index is 0.159. The molecule has 24 heavy (non-hydrogen) atoms. The van der Waals surface area contributed by atoms with Gasteiger partial charge in [0.05, 0.1) is 11.6 Å². The highest BCUT2D eigenvalue weighted by atomic mass is 35.5. The lowest BCUT2D eigenvalue weighted by atomic mass is 10.1. The molecule has 1 heterocycles. The summed E-state index contributed by atoms with van der Waals surface area (Å²) < 4.78 is 18.0. The van der Waals surface area contributed by atoms with Crippen molar-refractivity contribution in [1.29, 1.82) is 0 Å². The molecule has 1 amide bonds. The maximum atomic E-state index is 12.9. The van der Waals surface area contributed by atoms with Crippen LogP contribution in [0.25, 0.3) is 0 Å². The first-order chi connectivity index (χ1) is 11.4. The molecule has 2 aromatic rings. The van der Waals surface area contributed by atoms with E-state index < -0.39 is 18.0 Å². The zero-order valence-corrected chi connectivity index (χ0v) is 13.9. The zero-order chi connectivity index (χ0) is 17.7. The highest BCUT2D eigenvalue weighted by molar-refractivity contribution is 6.29. The van der Waals surface area contributed by atoms with Gasteiger partial charge in [-0.3, -0.25) is 4.79 Å². The fourth-order valence-corrected chi connectivity index (χ4v) is 2.15. The molecular weight excluding hydrogens is 335 g/mol. The molecular formula is C17H16ClFN2O3. The van der Waals surface area contributed by atoms with Gasteiger partial charge in [0.1, 0.15) is 11.0 Å². The van der Waals surface area contributed by atoms with Crippen LogP contribution in [0.15, 0.2) is 42.6 Å². The molecule has 2 rings (SSSR count). The van der Waals surface area contributed by atoms with Gasteiger partial charge in [-0.25, -0.2) is 14.2 Å². The van der Waals surface area contributed by atoms with Gasteiger partial charge in [0.15, 0.2) is 6.10 Å². The largest absolute Gasteiger partial charge is 0.449 e. The van der Waals surface area contributed by atoms with Gasteiger partial charge < -0.3 is 10.1 Å². The Kier molecular flexibility index (Phi) is 5.87. The van der Waals surface area contributed by atoms with Gasteiger partial charge in [0, 0.05) is 6.20 Å². The number of carbonyl (C=O) groups excluding carboxylic acids is 2. The minimum atomic E-state index is -0.993. The number of esters is 1. The minimum Gasteiger partial charge on any atom is -0.449 e. The molecule has 2 unspecified atom stereocenters. The monoisotopic (exact) mass is 350 g/mol. The van der Waals surface area contributed by atoms with E-state index in [0.29, 0.717) is 0 Å². The molecule has 2 atom stereocenters. The second-order valence-electron chi connectivity index (χ2n) is 5.20. The molecule has 0 saturated heterocycles. The van der Waals surface area contributed by atoms with Crippen molar-refractivity contribution in [3.63, 3.8) is 0 Å². The maximum Gasteiger partial charge on any atom is 0.339 e. The molecule has 126 valence electrons. The number of nitrogens with one attached hydrogen (secondary N) is 1. The smallest absolute Gasteiger partial charge is 0.339 e. The summed E-state index contributed by atoms with van der Waals surface area (Å²) in [6.07, 6.45) is 0.382. The summed E-state index contributed by atoms with van der Waals surface area (Å²) in [5.41, 5.74) is 0.949. The Morgan fingerprint density at radius 1 is 1.21 bits per heavy atom. The number of pyridine rings is 1. The first kappa shape index (κ1) is 17.9. The molecule has 0 spiro atoms. The number of hydrogen-bond donors (Lipinski definition) is 1. The van der Waals surface area contributed by atoms with Crippen molar-refractivity contribution in [2.45, 2.75) is 26.0 Å². The number of carbonyl (C=O) groups is 2. The van der Waals surface area contributed by atoms with Crippen molar-refractivity contribution in [2.24, 2.45) is 0 Å². The number of halogens is 2. The summed E-state index contributed by atoms with van der Waals surface area (Å²) in [6, 6.07) is 8.24. The molecule has 0 aliphatic carbocycles. The molecule has 0 bridgehead atoms. The van der Waals surface area contributed by atoms with E-state index in [0.717, 1.165) is 5.56 Å². The van der Waals surface area contributed by atoms with E-state index >= 15 is 0 Å². The number of aromatic nitrogens is 1. The van der Waals surface area contributed by atoms with Crippen LogP contribution in [0.4, 0.5) is 4.39 Å². The van der Waals surface area contributed by atoms with Crippen molar-refractivity contribution in [3.05, 3.63) is 64.7 Å². The Hall–Kier alpha value is -2.47. The molecule has 0 aliphatic rings. The second kappa shape index (κ2) is 7.88. The third-order valence-electron chi connectivity index (χ3n) is 3.34. The number of nitrogens with zero attached hydrogens (tertiary/aromatic N) is 1. The molecule has 7 heteroatoms. The molecule has 0 aliphatic heterocycles. The fourth-order valence-electron chi connectivity index (χ4n) is 1.98. The highest BCUT2D eigenvalue weighted by Gasteiger charge is 2.21. The first-order valence-electron chi connectivity index (χ1n) is 7.25. The van der Waals surface area contributed by atoms with Crippen molar-refractivity contribution >= 4 is 23.5 Å². The normalized spacial score (nSPS) is 13.0. The van der Waals surface area contributed by atoms with E-state index in [1.807, 2.05) is 0 Å². The lowest BCUT2D eigenvalue weighted by Gasteiger charge is -2.18. The van der Waals surface area contributed by atoms with Crippen molar-refractivity contribution in [3.8, 4) is 0 Å². The Labute approximate surface area is 143 Å².